The maximum Gasteiger partial charge on any atom is 0.308 e. The van der Waals surface area contributed by atoms with Gasteiger partial charge in [-0.05, 0) is 37.3 Å². The van der Waals surface area contributed by atoms with Crippen molar-refractivity contribution >= 4 is 30.0 Å². The third kappa shape index (κ3) is 14.2. The van der Waals surface area contributed by atoms with E-state index in [0.29, 0.717) is 36.3 Å². The standard InChI is InChI=1S/C46H64N4O13/c1-27(17-18-37(54)29(3)43(58-9)28(2)19-20-50(6)26-51)39(57-8)22-40-31(5)38(56-7)15-12-16-41-47-34(24-60-41)45-49-35(25-62-45)46-48-33(23-61-46)44(59-10)30(4)36(53)14-11-13-32(52)21-42(55)63-40/h11-12,14,16,19-20,23-32,38-40,43-44,52H,13,15,17-18,21-22H2,1-10H3. The molecule has 4 rings (SSSR count). The maximum absolute atomic E-state index is 13.5. The number of hydrogen-bond acceptors (Lipinski definition) is 16. The summed E-state index contributed by atoms with van der Waals surface area (Å²) in [5.41, 5.74) is 1.01. The number of allylic oxidation sites excluding steroid dienone is 1. The van der Waals surface area contributed by atoms with Crippen LogP contribution in [-0.4, -0.2) is 115 Å². The van der Waals surface area contributed by atoms with Crippen LogP contribution >= 0.6 is 0 Å². The van der Waals surface area contributed by atoms with E-state index in [0.717, 1.165) is 0 Å². The van der Waals surface area contributed by atoms with Gasteiger partial charge >= 0.3 is 5.97 Å². The summed E-state index contributed by atoms with van der Waals surface area (Å²) in [4.78, 5) is 66.1. The number of nitrogens with zero attached hydrogens (tertiary/aromatic N) is 4. The van der Waals surface area contributed by atoms with E-state index >= 15 is 0 Å². The van der Waals surface area contributed by atoms with Gasteiger partial charge in [0.2, 0.25) is 24.1 Å². The molecule has 6 bridgehead atoms. The molecule has 11 atom stereocenters. The van der Waals surface area contributed by atoms with Gasteiger partial charge in [0.1, 0.15) is 42.5 Å². The number of carbonyl (C=O) groups excluding carboxylic acids is 4. The van der Waals surface area contributed by atoms with Gasteiger partial charge in [-0.1, -0.05) is 52.8 Å². The third-order valence-corrected chi connectivity index (χ3v) is 11.7. The number of methoxy groups -OCH3 is 4. The molecule has 0 aliphatic carbocycles. The molecule has 1 amide bonds. The number of rotatable bonds is 16. The molecule has 4 heterocycles. The number of ketones is 2. The molecule has 3 aromatic heterocycles. The first-order valence-corrected chi connectivity index (χ1v) is 21.2. The Kier molecular flexibility index (Phi) is 19.8. The first-order chi connectivity index (χ1) is 30.1. The second-order valence-corrected chi connectivity index (χ2v) is 16.3. The van der Waals surface area contributed by atoms with Gasteiger partial charge in [-0.25, -0.2) is 15.0 Å². The van der Waals surface area contributed by atoms with Crippen LogP contribution in [0.1, 0.15) is 90.8 Å². The zero-order valence-corrected chi connectivity index (χ0v) is 38.0. The highest BCUT2D eigenvalue weighted by molar-refractivity contribution is 5.92. The molecule has 11 unspecified atom stereocenters. The SMILES string of the molecule is COC(CC1OC(=O)CC(O)CC=CC(=O)C(C)C(OC)c2coc(n2)-c2coc(n2)-c2coc(n2)C=CCC(OC)C1C)C(C)CCC(=O)C(C)C(OC)C(C)C=CN(C)C=O. The lowest BCUT2D eigenvalue weighted by molar-refractivity contribution is -0.159. The van der Waals surface area contributed by atoms with Crippen molar-refractivity contribution in [2.45, 2.75) is 110 Å². The van der Waals surface area contributed by atoms with Gasteiger partial charge in [-0.2, -0.15) is 0 Å². The predicted molar refractivity (Wildman–Crippen MR) is 230 cm³/mol. The van der Waals surface area contributed by atoms with E-state index in [1.807, 2.05) is 39.8 Å². The van der Waals surface area contributed by atoms with Gasteiger partial charge in [-0.15, -0.1) is 0 Å². The van der Waals surface area contributed by atoms with Crippen molar-refractivity contribution in [2.75, 3.05) is 35.5 Å². The average molecular weight is 881 g/mol. The summed E-state index contributed by atoms with van der Waals surface area (Å²) in [6, 6.07) is 0. The number of ether oxygens (including phenoxy) is 5. The molecular formula is C46H64N4O13. The molecule has 17 nitrogen and oxygen atoms in total. The first kappa shape index (κ1) is 50.6. The molecule has 346 valence electrons. The molecule has 17 heteroatoms. The zero-order chi connectivity index (χ0) is 46.2. The number of hydrogen-bond donors (Lipinski definition) is 1. The highest BCUT2D eigenvalue weighted by Crippen LogP contribution is 2.32. The van der Waals surface area contributed by atoms with Crippen LogP contribution in [0.3, 0.4) is 0 Å². The van der Waals surface area contributed by atoms with Crippen LogP contribution in [0.25, 0.3) is 29.2 Å². The topological polar surface area (TPSA) is 216 Å². The van der Waals surface area contributed by atoms with E-state index in [4.69, 9.17) is 36.9 Å². The highest BCUT2D eigenvalue weighted by Gasteiger charge is 2.34. The molecule has 0 saturated heterocycles. The van der Waals surface area contributed by atoms with Crippen LogP contribution in [0.15, 0.2) is 62.5 Å². The molecule has 0 aromatic carbocycles. The number of Topliss-reactive ketones (excluding diaryl/α,β-unsaturated/α-hetero) is 1. The zero-order valence-electron chi connectivity index (χ0n) is 38.0. The van der Waals surface area contributed by atoms with Crippen LogP contribution in [0.5, 0.6) is 0 Å². The number of esters is 1. The summed E-state index contributed by atoms with van der Waals surface area (Å²) in [6.45, 7) is 9.38. The van der Waals surface area contributed by atoms with E-state index in [1.54, 1.807) is 47.6 Å². The summed E-state index contributed by atoms with van der Waals surface area (Å²) in [5, 5.41) is 10.9. The predicted octanol–water partition coefficient (Wildman–Crippen LogP) is 6.83. The van der Waals surface area contributed by atoms with Crippen LogP contribution in [-0.2, 0) is 42.9 Å². The van der Waals surface area contributed by atoms with E-state index in [9.17, 15) is 24.3 Å². The van der Waals surface area contributed by atoms with E-state index in [-0.39, 0.29) is 72.7 Å². The summed E-state index contributed by atoms with van der Waals surface area (Å²) in [6.07, 6.45) is 12.0. The van der Waals surface area contributed by atoms with Gasteiger partial charge in [0.05, 0.1) is 36.8 Å². The molecule has 0 radical (unpaired) electrons. The molecule has 1 N–H and O–H groups in total. The van der Waals surface area contributed by atoms with Crippen molar-refractivity contribution in [2.24, 2.45) is 29.6 Å². The van der Waals surface area contributed by atoms with Crippen molar-refractivity contribution in [3.63, 3.8) is 0 Å². The fourth-order valence-electron chi connectivity index (χ4n) is 7.69. The van der Waals surface area contributed by atoms with Gasteiger partial charge < -0.3 is 46.9 Å². The average Bonchev–Trinajstić information content (AvgIpc) is 4.07. The van der Waals surface area contributed by atoms with Gasteiger partial charge in [0.25, 0.3) is 0 Å². The number of aromatic nitrogens is 3. The second kappa shape index (κ2) is 24.7. The van der Waals surface area contributed by atoms with Crippen LogP contribution in [0, 0.1) is 29.6 Å². The van der Waals surface area contributed by atoms with Gasteiger partial charge in [-0.3, -0.25) is 19.2 Å². The number of carbonyl (C=O) groups is 4. The summed E-state index contributed by atoms with van der Waals surface area (Å²) in [7, 11) is 7.82. The summed E-state index contributed by atoms with van der Waals surface area (Å²) < 4.78 is 46.4. The number of amides is 1. The van der Waals surface area contributed by atoms with E-state index < -0.39 is 54.4 Å². The Labute approximate surface area is 369 Å². The lowest BCUT2D eigenvalue weighted by atomic mass is 9.84. The largest absolute Gasteiger partial charge is 0.462 e. The van der Waals surface area contributed by atoms with Crippen molar-refractivity contribution < 1.29 is 61.2 Å². The van der Waals surface area contributed by atoms with Crippen molar-refractivity contribution in [1.82, 2.24) is 19.9 Å². The normalized spacial score (nSPS) is 24.2. The molecule has 0 saturated carbocycles. The fraction of sp³-hybridized carbons (Fsp3) is 0.587. The van der Waals surface area contributed by atoms with Crippen LogP contribution in [0.2, 0.25) is 0 Å². The van der Waals surface area contributed by atoms with Crippen molar-refractivity contribution in [1.29, 1.82) is 0 Å². The fourth-order valence-corrected chi connectivity index (χ4v) is 7.69. The minimum Gasteiger partial charge on any atom is -0.462 e. The smallest absolute Gasteiger partial charge is 0.308 e. The number of cyclic esters (lactones) is 1. The molecule has 0 fully saturated rings. The molecule has 3 aromatic rings. The van der Waals surface area contributed by atoms with Crippen molar-refractivity contribution in [3.8, 4) is 23.2 Å². The molecule has 63 heavy (non-hydrogen) atoms. The number of oxazole rings is 3. The Balaban J connectivity index is 1.54. The summed E-state index contributed by atoms with van der Waals surface area (Å²) in [5.74, 6) is -1.99. The second-order valence-electron chi connectivity index (χ2n) is 16.3. The monoisotopic (exact) mass is 880 g/mol. The minimum atomic E-state index is -1.14. The Morgan fingerprint density at radius 1 is 0.921 bits per heavy atom. The molecule has 1 aliphatic rings. The van der Waals surface area contributed by atoms with Gasteiger partial charge in [0, 0.05) is 72.3 Å². The third-order valence-electron chi connectivity index (χ3n) is 11.7. The van der Waals surface area contributed by atoms with Gasteiger partial charge in [0.15, 0.2) is 17.2 Å². The van der Waals surface area contributed by atoms with E-state index in [2.05, 4.69) is 15.0 Å². The Morgan fingerprint density at radius 2 is 1.60 bits per heavy atom. The minimum absolute atomic E-state index is 0.0148. The molecule has 1 aliphatic heterocycles. The molecule has 0 spiro atoms. The van der Waals surface area contributed by atoms with Crippen LogP contribution in [0.4, 0.5) is 0 Å². The van der Waals surface area contributed by atoms with E-state index in [1.165, 1.54) is 43.0 Å². The first-order valence-electron chi connectivity index (χ1n) is 21.2. The lowest BCUT2D eigenvalue weighted by Crippen LogP contribution is -2.39. The molecular weight excluding hydrogens is 817 g/mol. The number of aliphatic hydroxyl groups excluding tert-OH is 1. The quantitative estimate of drug-likeness (QED) is 0.115. The number of aliphatic hydroxyl groups is 1. The Morgan fingerprint density at radius 3 is 2.29 bits per heavy atom. The lowest BCUT2D eigenvalue weighted by Gasteiger charge is -2.33. The maximum atomic E-state index is 13.5. The highest BCUT2D eigenvalue weighted by atomic mass is 16.6. The summed E-state index contributed by atoms with van der Waals surface area (Å²) >= 11 is 0. The Bertz CT molecular complexity index is 2000. The van der Waals surface area contributed by atoms with Crippen LogP contribution < -0.4 is 0 Å². The van der Waals surface area contributed by atoms with Crippen molar-refractivity contribution in [3.05, 3.63) is 60.9 Å². The Hall–Kier alpha value is -5.07. The number of fused-ring (bicyclic) bond motifs is 8.